The molecule has 8 nitrogen and oxygen atoms in total. The second kappa shape index (κ2) is 8.45. The van der Waals surface area contributed by atoms with Crippen LogP contribution in [0, 0.1) is 0 Å². The van der Waals surface area contributed by atoms with Gasteiger partial charge in [0.15, 0.2) is 11.6 Å². The topological polar surface area (TPSA) is 111 Å². The van der Waals surface area contributed by atoms with Gasteiger partial charge in [0.05, 0.1) is 25.5 Å². The lowest BCUT2D eigenvalue weighted by molar-refractivity contribution is 0.0601. The van der Waals surface area contributed by atoms with Gasteiger partial charge in [-0.2, -0.15) is 0 Å². The van der Waals surface area contributed by atoms with Gasteiger partial charge in [0.25, 0.3) is 0 Å². The summed E-state index contributed by atoms with van der Waals surface area (Å²) in [4.78, 5) is 19.9. The monoisotopic (exact) mass is 399 g/mol. The van der Waals surface area contributed by atoms with Gasteiger partial charge in [-0.15, -0.1) is 0 Å². The molecule has 0 bridgehead atoms. The molecule has 0 aliphatic carbocycles. The number of nitrogen functional groups attached to an aromatic ring is 1. The van der Waals surface area contributed by atoms with E-state index in [0.29, 0.717) is 45.0 Å². The Morgan fingerprint density at radius 2 is 1.71 bits per heavy atom. The second-order valence-corrected chi connectivity index (χ2v) is 6.08. The Hall–Kier alpha value is -3.52. The van der Waals surface area contributed by atoms with Crippen molar-refractivity contribution in [3.8, 4) is 5.75 Å². The van der Waals surface area contributed by atoms with E-state index in [1.54, 1.807) is 49.6 Å². The van der Waals surface area contributed by atoms with E-state index in [9.17, 15) is 4.79 Å². The van der Waals surface area contributed by atoms with E-state index in [4.69, 9.17) is 22.1 Å². The van der Waals surface area contributed by atoms with E-state index in [0.717, 1.165) is 0 Å². The van der Waals surface area contributed by atoms with Crippen molar-refractivity contribution in [2.24, 2.45) is 0 Å². The molecule has 0 fully saturated rings. The van der Waals surface area contributed by atoms with Crippen molar-refractivity contribution in [2.75, 3.05) is 30.6 Å². The van der Waals surface area contributed by atoms with Crippen LogP contribution >= 0.6 is 11.6 Å². The number of anilines is 5. The largest absolute Gasteiger partial charge is 0.495 e. The highest BCUT2D eigenvalue weighted by Crippen LogP contribution is 2.33. The zero-order valence-electron chi connectivity index (χ0n) is 15.2. The van der Waals surface area contributed by atoms with Crippen molar-refractivity contribution < 1.29 is 14.3 Å². The summed E-state index contributed by atoms with van der Waals surface area (Å²) in [5.74, 6) is 0.985. The number of hydrogen-bond acceptors (Lipinski definition) is 8. The third kappa shape index (κ3) is 4.24. The first-order valence-corrected chi connectivity index (χ1v) is 8.56. The van der Waals surface area contributed by atoms with E-state index >= 15 is 0 Å². The van der Waals surface area contributed by atoms with Gasteiger partial charge >= 0.3 is 5.97 Å². The van der Waals surface area contributed by atoms with E-state index in [-0.39, 0.29) is 0 Å². The van der Waals surface area contributed by atoms with Crippen molar-refractivity contribution in [1.82, 2.24) is 9.97 Å². The number of hydrogen-bond donors (Lipinski definition) is 3. The molecular weight excluding hydrogens is 382 g/mol. The molecule has 0 unspecified atom stereocenters. The second-order valence-electron chi connectivity index (χ2n) is 5.65. The molecule has 0 saturated carbocycles. The third-order valence-electron chi connectivity index (χ3n) is 3.87. The number of nitrogens with two attached hydrogens (primary N) is 1. The Labute approximate surface area is 166 Å². The molecule has 9 heteroatoms. The van der Waals surface area contributed by atoms with Crippen molar-refractivity contribution >= 4 is 46.3 Å². The molecule has 1 aromatic heterocycles. The van der Waals surface area contributed by atoms with Crippen LogP contribution in [0.5, 0.6) is 5.75 Å². The maximum absolute atomic E-state index is 11.5. The van der Waals surface area contributed by atoms with Crippen LogP contribution < -0.4 is 21.1 Å². The standard InChI is InChI=1S/C19H18ClN5O3/c1-27-15-8-5-12(20)9-14(15)25-18-16(21)17(22-10-23-18)24-13-6-3-11(4-7-13)19(26)28-2/h3-10H,21H2,1-2H3,(H2,22,23,24,25). The molecular formula is C19H18ClN5O3. The van der Waals surface area contributed by atoms with Crippen LogP contribution in [-0.4, -0.2) is 30.2 Å². The van der Waals surface area contributed by atoms with E-state index in [1.807, 2.05) is 0 Å². The summed E-state index contributed by atoms with van der Waals surface area (Å²) in [5, 5.41) is 6.74. The van der Waals surface area contributed by atoms with Gasteiger partial charge in [-0.25, -0.2) is 14.8 Å². The lowest BCUT2D eigenvalue weighted by Crippen LogP contribution is -2.06. The molecule has 3 aromatic rings. The molecule has 4 N–H and O–H groups in total. The molecule has 1 heterocycles. The summed E-state index contributed by atoms with van der Waals surface area (Å²) >= 11 is 6.06. The summed E-state index contributed by atoms with van der Waals surface area (Å²) in [5.41, 5.74) is 8.28. The van der Waals surface area contributed by atoms with E-state index in [1.165, 1.54) is 13.4 Å². The molecule has 0 aliphatic rings. The van der Waals surface area contributed by atoms with Gasteiger partial charge in [-0.05, 0) is 42.5 Å². The van der Waals surface area contributed by atoms with Crippen LogP contribution in [0.2, 0.25) is 5.02 Å². The highest BCUT2D eigenvalue weighted by atomic mass is 35.5. The third-order valence-corrected chi connectivity index (χ3v) is 4.10. The molecule has 144 valence electrons. The van der Waals surface area contributed by atoms with Crippen LogP contribution in [0.3, 0.4) is 0 Å². The molecule has 0 radical (unpaired) electrons. The fraction of sp³-hybridized carbons (Fsp3) is 0.105. The number of methoxy groups -OCH3 is 2. The van der Waals surface area contributed by atoms with Gasteiger partial charge in [0.2, 0.25) is 0 Å². The predicted octanol–water partition coefficient (Wildman–Crippen LogP) is 3.99. The molecule has 0 spiro atoms. The predicted molar refractivity (Wildman–Crippen MR) is 109 cm³/mol. The van der Waals surface area contributed by atoms with Gasteiger partial charge < -0.3 is 25.8 Å². The van der Waals surface area contributed by atoms with Crippen molar-refractivity contribution in [1.29, 1.82) is 0 Å². The highest BCUT2D eigenvalue weighted by molar-refractivity contribution is 6.31. The van der Waals surface area contributed by atoms with Crippen LogP contribution in [-0.2, 0) is 4.74 Å². The smallest absolute Gasteiger partial charge is 0.337 e. The molecule has 0 atom stereocenters. The van der Waals surface area contributed by atoms with Crippen molar-refractivity contribution in [3.05, 3.63) is 59.4 Å². The zero-order chi connectivity index (χ0) is 20.1. The minimum absolute atomic E-state index is 0.307. The lowest BCUT2D eigenvalue weighted by atomic mass is 10.2. The summed E-state index contributed by atoms with van der Waals surface area (Å²) in [7, 11) is 2.89. The van der Waals surface area contributed by atoms with Crippen LogP contribution in [0.15, 0.2) is 48.8 Å². The summed E-state index contributed by atoms with van der Waals surface area (Å²) < 4.78 is 10.0. The van der Waals surface area contributed by atoms with Gasteiger partial charge in [0.1, 0.15) is 17.8 Å². The van der Waals surface area contributed by atoms with Gasteiger partial charge in [-0.1, -0.05) is 11.6 Å². The number of rotatable bonds is 6. The Morgan fingerprint density at radius 3 is 2.36 bits per heavy atom. The highest BCUT2D eigenvalue weighted by Gasteiger charge is 2.12. The average Bonchev–Trinajstić information content (AvgIpc) is 2.71. The molecule has 28 heavy (non-hydrogen) atoms. The average molecular weight is 400 g/mol. The Bertz CT molecular complexity index is 995. The van der Waals surface area contributed by atoms with E-state index in [2.05, 4.69) is 25.3 Å². The van der Waals surface area contributed by atoms with Gasteiger partial charge in [-0.3, -0.25) is 0 Å². The minimum atomic E-state index is -0.407. The molecule has 2 aromatic carbocycles. The fourth-order valence-corrected chi connectivity index (χ4v) is 2.62. The number of nitrogens with one attached hydrogen (secondary N) is 2. The minimum Gasteiger partial charge on any atom is -0.495 e. The lowest BCUT2D eigenvalue weighted by Gasteiger charge is -2.14. The van der Waals surface area contributed by atoms with Crippen LogP contribution in [0.25, 0.3) is 0 Å². The van der Waals surface area contributed by atoms with Gasteiger partial charge in [0, 0.05) is 10.7 Å². The number of carbonyl (C=O) groups is 1. The van der Waals surface area contributed by atoms with Crippen LogP contribution in [0.1, 0.15) is 10.4 Å². The first kappa shape index (κ1) is 19.2. The summed E-state index contributed by atoms with van der Waals surface area (Å²) in [6, 6.07) is 11.9. The Balaban J connectivity index is 1.83. The maximum Gasteiger partial charge on any atom is 0.337 e. The molecule has 0 aliphatic heterocycles. The van der Waals surface area contributed by atoms with Crippen molar-refractivity contribution in [3.63, 3.8) is 0 Å². The first-order valence-electron chi connectivity index (χ1n) is 8.18. The number of nitrogens with zero attached hydrogens (tertiary/aromatic N) is 2. The number of benzene rings is 2. The number of esters is 1. The SMILES string of the molecule is COC(=O)c1ccc(Nc2ncnc(Nc3cc(Cl)ccc3OC)c2N)cc1. The first-order chi connectivity index (χ1) is 13.5. The quantitative estimate of drug-likeness (QED) is 0.533. The molecule has 3 rings (SSSR count). The number of aromatic nitrogens is 2. The summed E-state index contributed by atoms with van der Waals surface area (Å²) in [6.45, 7) is 0. The Kier molecular flexibility index (Phi) is 5.81. The van der Waals surface area contributed by atoms with Crippen LogP contribution in [0.4, 0.5) is 28.7 Å². The van der Waals surface area contributed by atoms with E-state index < -0.39 is 5.97 Å². The fourth-order valence-electron chi connectivity index (χ4n) is 2.44. The summed E-state index contributed by atoms with van der Waals surface area (Å²) in [6.07, 6.45) is 1.38. The maximum atomic E-state index is 11.5. The number of ether oxygens (including phenoxy) is 2. The number of carbonyl (C=O) groups excluding carboxylic acids is 1. The van der Waals surface area contributed by atoms with Crippen molar-refractivity contribution in [2.45, 2.75) is 0 Å². The number of halogens is 1. The molecule has 0 saturated heterocycles. The normalized spacial score (nSPS) is 10.2. The Morgan fingerprint density at radius 1 is 1.04 bits per heavy atom. The zero-order valence-corrected chi connectivity index (χ0v) is 15.9. The molecule has 0 amide bonds.